The van der Waals surface area contributed by atoms with E-state index in [2.05, 4.69) is 0 Å². The molecule has 0 aliphatic carbocycles. The van der Waals surface area contributed by atoms with Crippen molar-refractivity contribution in [2.24, 2.45) is 0 Å². The maximum Gasteiger partial charge on any atom is 0.341 e. The van der Waals surface area contributed by atoms with Crippen LogP contribution in [0.1, 0.15) is 10.4 Å². The van der Waals surface area contributed by atoms with E-state index in [1.165, 1.54) is 6.07 Å². The number of carboxylic acid groups (broad SMARTS) is 1. The maximum absolute atomic E-state index is 12.9. The average Bonchev–Trinajstić information content (AvgIpc) is 3.16. The molecule has 0 saturated carbocycles. The second-order valence-corrected chi connectivity index (χ2v) is 8.16. The fourth-order valence-electron chi connectivity index (χ4n) is 2.87. The lowest BCUT2D eigenvalue weighted by Crippen LogP contribution is -2.51. The van der Waals surface area contributed by atoms with E-state index < -0.39 is 18.6 Å². The molecular formula is C17H20N2O5S2. The molecule has 1 aromatic rings. The zero-order chi connectivity index (χ0) is 18.5. The summed E-state index contributed by atoms with van der Waals surface area (Å²) in [5.74, 6) is 1.96. The average molecular weight is 396 g/mol. The zero-order valence-corrected chi connectivity index (χ0v) is 15.8. The number of rotatable bonds is 5. The van der Waals surface area contributed by atoms with Crippen LogP contribution in [-0.4, -0.2) is 81.6 Å². The molecule has 2 aliphatic rings. The molecule has 1 aromatic carbocycles. The van der Waals surface area contributed by atoms with Crippen molar-refractivity contribution in [2.75, 3.05) is 42.8 Å². The van der Waals surface area contributed by atoms with Gasteiger partial charge in [0.2, 0.25) is 5.91 Å². The third-order valence-electron chi connectivity index (χ3n) is 4.19. The summed E-state index contributed by atoms with van der Waals surface area (Å²) >= 11 is 3.40. The molecule has 2 amide bonds. The molecule has 2 aliphatic heterocycles. The summed E-state index contributed by atoms with van der Waals surface area (Å²) in [6.07, 6.45) is 0. The first-order valence-electron chi connectivity index (χ1n) is 8.26. The normalized spacial score (nSPS) is 20.1. The summed E-state index contributed by atoms with van der Waals surface area (Å²) < 4.78 is 5.14. The molecule has 2 heterocycles. The van der Waals surface area contributed by atoms with E-state index >= 15 is 0 Å². The second kappa shape index (κ2) is 8.68. The van der Waals surface area contributed by atoms with Crippen molar-refractivity contribution in [3.05, 3.63) is 29.8 Å². The number of aliphatic carboxylic acids is 1. The molecule has 3 rings (SSSR count). The number of benzene rings is 1. The number of nitrogens with zero attached hydrogens (tertiary/aromatic N) is 2. The Kier molecular flexibility index (Phi) is 6.31. The predicted octanol–water partition coefficient (Wildman–Crippen LogP) is 1.24. The van der Waals surface area contributed by atoms with Gasteiger partial charge in [0.25, 0.3) is 5.91 Å². The van der Waals surface area contributed by atoms with Gasteiger partial charge in [0.1, 0.15) is 11.8 Å². The van der Waals surface area contributed by atoms with E-state index in [0.29, 0.717) is 22.9 Å². The monoisotopic (exact) mass is 396 g/mol. The summed E-state index contributed by atoms with van der Waals surface area (Å²) in [5.41, 5.74) is 0.391. The van der Waals surface area contributed by atoms with Crippen molar-refractivity contribution >= 4 is 41.3 Å². The lowest BCUT2D eigenvalue weighted by molar-refractivity contribution is -0.139. The van der Waals surface area contributed by atoms with E-state index in [1.54, 1.807) is 34.9 Å². The summed E-state index contributed by atoms with van der Waals surface area (Å²) in [4.78, 5) is 39.8. The van der Waals surface area contributed by atoms with Crippen molar-refractivity contribution in [1.29, 1.82) is 0 Å². The maximum atomic E-state index is 12.9. The molecule has 1 atom stereocenters. The van der Waals surface area contributed by atoms with Crippen LogP contribution in [0.3, 0.4) is 0 Å². The minimum absolute atomic E-state index is 0.0157. The topological polar surface area (TPSA) is 87.1 Å². The van der Waals surface area contributed by atoms with Crippen LogP contribution in [0.4, 0.5) is 0 Å². The molecule has 140 valence electrons. The summed E-state index contributed by atoms with van der Waals surface area (Å²) in [6.45, 7) is 0.988. The predicted molar refractivity (Wildman–Crippen MR) is 101 cm³/mol. The molecule has 2 fully saturated rings. The van der Waals surface area contributed by atoms with Gasteiger partial charge in [-0.15, -0.1) is 11.8 Å². The van der Waals surface area contributed by atoms with Crippen LogP contribution >= 0.6 is 23.5 Å². The third kappa shape index (κ3) is 4.45. The Morgan fingerprint density at radius 3 is 2.69 bits per heavy atom. The highest BCUT2D eigenvalue weighted by Crippen LogP contribution is 2.26. The minimum atomic E-state index is -1.08. The number of carboxylic acids is 1. The lowest BCUT2D eigenvalue weighted by atomic mass is 10.1. The Morgan fingerprint density at radius 2 is 1.96 bits per heavy atom. The molecule has 0 radical (unpaired) electrons. The summed E-state index contributed by atoms with van der Waals surface area (Å²) in [5, 5.41) is 8.70. The smallest absolute Gasteiger partial charge is 0.341 e. The van der Waals surface area contributed by atoms with E-state index in [1.807, 2.05) is 16.7 Å². The number of hydrogen-bond donors (Lipinski definition) is 1. The Morgan fingerprint density at radius 1 is 1.19 bits per heavy atom. The van der Waals surface area contributed by atoms with Gasteiger partial charge in [0.05, 0.1) is 5.88 Å². The van der Waals surface area contributed by atoms with Crippen molar-refractivity contribution in [2.45, 2.75) is 6.04 Å². The van der Waals surface area contributed by atoms with Gasteiger partial charge >= 0.3 is 5.97 Å². The van der Waals surface area contributed by atoms with Crippen LogP contribution in [0.5, 0.6) is 5.75 Å². The highest BCUT2D eigenvalue weighted by atomic mass is 32.2. The van der Waals surface area contributed by atoms with Gasteiger partial charge in [-0.25, -0.2) is 4.79 Å². The minimum Gasteiger partial charge on any atom is -0.482 e. The Labute approximate surface area is 160 Å². The van der Waals surface area contributed by atoms with E-state index in [-0.39, 0.29) is 11.8 Å². The Bertz CT molecular complexity index is 693. The molecule has 7 nitrogen and oxygen atoms in total. The number of amides is 2. The van der Waals surface area contributed by atoms with Crippen molar-refractivity contribution in [3.8, 4) is 5.75 Å². The van der Waals surface area contributed by atoms with Crippen LogP contribution < -0.4 is 4.74 Å². The SMILES string of the molecule is O=C(O)COc1cccc(C(=O)N2CSCC2C(=O)N2CCSCC2)c1. The van der Waals surface area contributed by atoms with Gasteiger partial charge in [-0.2, -0.15) is 11.8 Å². The second-order valence-electron chi connectivity index (χ2n) is 5.94. The molecule has 1 N–H and O–H groups in total. The van der Waals surface area contributed by atoms with Crippen molar-refractivity contribution in [3.63, 3.8) is 0 Å². The number of ether oxygens (including phenoxy) is 1. The largest absolute Gasteiger partial charge is 0.482 e. The van der Waals surface area contributed by atoms with Crippen LogP contribution in [0.2, 0.25) is 0 Å². The molecule has 26 heavy (non-hydrogen) atoms. The molecule has 9 heteroatoms. The first-order valence-corrected chi connectivity index (χ1v) is 10.6. The van der Waals surface area contributed by atoms with Gasteiger partial charge in [0.15, 0.2) is 6.61 Å². The lowest BCUT2D eigenvalue weighted by Gasteiger charge is -2.32. The van der Waals surface area contributed by atoms with Gasteiger partial charge in [-0.3, -0.25) is 9.59 Å². The molecule has 2 saturated heterocycles. The number of thioether (sulfide) groups is 2. The van der Waals surface area contributed by atoms with Crippen molar-refractivity contribution in [1.82, 2.24) is 9.80 Å². The third-order valence-corrected chi connectivity index (χ3v) is 6.15. The van der Waals surface area contributed by atoms with Gasteiger partial charge in [0, 0.05) is 35.9 Å². The first-order chi connectivity index (χ1) is 12.6. The highest BCUT2D eigenvalue weighted by molar-refractivity contribution is 7.99. The first kappa shape index (κ1) is 18.9. The van der Waals surface area contributed by atoms with E-state index in [0.717, 1.165) is 24.6 Å². The zero-order valence-electron chi connectivity index (χ0n) is 14.1. The highest BCUT2D eigenvalue weighted by Gasteiger charge is 2.37. The molecule has 1 unspecified atom stereocenters. The molecule has 0 aromatic heterocycles. The Balaban J connectivity index is 1.70. The standard InChI is InChI=1S/C17H20N2O5S2/c20-15(21)9-24-13-3-1-2-12(8-13)16(22)19-11-26-10-14(19)17(23)18-4-6-25-7-5-18/h1-3,8,14H,4-7,9-11H2,(H,20,21). The van der Waals surface area contributed by atoms with Crippen LogP contribution in [0.25, 0.3) is 0 Å². The fraction of sp³-hybridized carbons (Fsp3) is 0.471. The van der Waals surface area contributed by atoms with Gasteiger partial charge in [-0.05, 0) is 18.2 Å². The van der Waals surface area contributed by atoms with E-state index in [4.69, 9.17) is 9.84 Å². The quantitative estimate of drug-likeness (QED) is 0.801. The van der Waals surface area contributed by atoms with Gasteiger partial charge in [-0.1, -0.05) is 6.07 Å². The molecule has 0 bridgehead atoms. The van der Waals surface area contributed by atoms with Crippen LogP contribution in [-0.2, 0) is 9.59 Å². The van der Waals surface area contributed by atoms with Crippen molar-refractivity contribution < 1.29 is 24.2 Å². The number of carbonyl (C=O) groups is 3. The molecule has 0 spiro atoms. The van der Waals surface area contributed by atoms with Crippen LogP contribution in [0.15, 0.2) is 24.3 Å². The van der Waals surface area contributed by atoms with Gasteiger partial charge < -0.3 is 19.6 Å². The number of carbonyl (C=O) groups excluding carboxylic acids is 2. The van der Waals surface area contributed by atoms with Crippen LogP contribution in [0, 0.1) is 0 Å². The number of hydrogen-bond acceptors (Lipinski definition) is 6. The summed E-state index contributed by atoms with van der Waals surface area (Å²) in [6, 6.07) is 5.98. The molecular weight excluding hydrogens is 376 g/mol. The van der Waals surface area contributed by atoms with E-state index in [9.17, 15) is 14.4 Å². The summed E-state index contributed by atoms with van der Waals surface area (Å²) in [7, 11) is 0. The Hall–Kier alpha value is -1.87. The fourth-order valence-corrected chi connectivity index (χ4v) is 4.92.